The zero-order chi connectivity index (χ0) is 15.1. The lowest BCUT2D eigenvalue weighted by atomic mass is 10.0. The second kappa shape index (κ2) is 4.80. The molecule has 0 bridgehead atoms. The van der Waals surface area contributed by atoms with Crippen molar-refractivity contribution in [1.82, 2.24) is 0 Å². The van der Waals surface area contributed by atoms with Crippen LogP contribution in [0, 0.1) is 6.92 Å². The zero-order valence-corrected chi connectivity index (χ0v) is 10.9. The highest BCUT2D eigenvalue weighted by atomic mass is 32.1. The van der Waals surface area contributed by atoms with Gasteiger partial charge in [-0.2, -0.15) is 26.3 Å². The van der Waals surface area contributed by atoms with Crippen LogP contribution in [0.3, 0.4) is 0 Å². The van der Waals surface area contributed by atoms with E-state index in [1.165, 1.54) is 6.07 Å². The largest absolute Gasteiger partial charge is 0.416 e. The number of benzene rings is 1. The van der Waals surface area contributed by atoms with Gasteiger partial charge in [-0.3, -0.25) is 0 Å². The first-order valence-electron chi connectivity index (χ1n) is 5.43. The molecule has 2 aromatic rings. The topological polar surface area (TPSA) is 0 Å². The lowest BCUT2D eigenvalue weighted by molar-refractivity contribution is -0.143. The second-order valence-corrected chi connectivity index (χ2v) is 5.49. The predicted octanol–water partition coefficient (Wildman–Crippen LogP) is 5.76. The normalized spacial score (nSPS) is 12.8. The van der Waals surface area contributed by atoms with Gasteiger partial charge in [-0.25, -0.2) is 0 Å². The highest BCUT2D eigenvalue weighted by Gasteiger charge is 2.37. The van der Waals surface area contributed by atoms with Crippen LogP contribution in [-0.2, 0) is 12.4 Å². The van der Waals surface area contributed by atoms with Crippen molar-refractivity contribution in [3.8, 4) is 10.4 Å². The van der Waals surface area contributed by atoms with Crippen LogP contribution in [0.4, 0.5) is 26.3 Å². The molecule has 0 aliphatic heterocycles. The molecule has 0 atom stereocenters. The van der Waals surface area contributed by atoms with E-state index in [-0.39, 0.29) is 11.6 Å². The van der Waals surface area contributed by atoms with E-state index in [0.717, 1.165) is 28.3 Å². The summed E-state index contributed by atoms with van der Waals surface area (Å²) in [5.41, 5.74) is -2.67. The Morgan fingerprint density at radius 3 is 1.65 bits per heavy atom. The van der Waals surface area contributed by atoms with E-state index in [0.29, 0.717) is 4.88 Å². The summed E-state index contributed by atoms with van der Waals surface area (Å²) in [5, 5.41) is 0. The molecular weight excluding hydrogens is 302 g/mol. The number of thiophene rings is 1. The van der Waals surface area contributed by atoms with E-state index in [9.17, 15) is 26.3 Å². The molecule has 0 saturated heterocycles. The summed E-state index contributed by atoms with van der Waals surface area (Å²) in [6.45, 7) is 1.73. The average molecular weight is 310 g/mol. The smallest absolute Gasteiger partial charge is 0.166 e. The molecule has 0 aliphatic rings. The van der Waals surface area contributed by atoms with Crippen molar-refractivity contribution < 1.29 is 26.3 Å². The molecule has 0 aliphatic carbocycles. The van der Waals surface area contributed by atoms with Crippen LogP contribution >= 0.6 is 11.3 Å². The maximum absolute atomic E-state index is 12.7. The Morgan fingerprint density at radius 2 is 1.30 bits per heavy atom. The molecule has 0 saturated carbocycles. The molecule has 0 nitrogen and oxygen atoms in total. The standard InChI is InChI=1S/C13H8F6S/c1-7-2-3-11(20-7)8-4-9(12(14,15)16)6-10(5-8)13(17,18)19/h2-6H,1H3. The van der Waals surface area contributed by atoms with Crippen molar-refractivity contribution >= 4 is 11.3 Å². The van der Waals surface area contributed by atoms with Gasteiger partial charge in [0, 0.05) is 9.75 Å². The van der Waals surface area contributed by atoms with E-state index < -0.39 is 23.5 Å². The van der Waals surface area contributed by atoms with Gasteiger partial charge < -0.3 is 0 Å². The van der Waals surface area contributed by atoms with Crippen LogP contribution in [0.15, 0.2) is 30.3 Å². The molecule has 108 valence electrons. The zero-order valence-electron chi connectivity index (χ0n) is 10.1. The van der Waals surface area contributed by atoms with Crippen molar-refractivity contribution in [2.45, 2.75) is 19.3 Å². The molecule has 7 heteroatoms. The number of alkyl halides is 6. The van der Waals surface area contributed by atoms with Gasteiger partial charge in [0.2, 0.25) is 0 Å². The van der Waals surface area contributed by atoms with Gasteiger partial charge in [0.15, 0.2) is 0 Å². The van der Waals surface area contributed by atoms with Gasteiger partial charge in [-0.05, 0) is 42.8 Å². The summed E-state index contributed by atoms with van der Waals surface area (Å²) in [7, 11) is 0. The lowest BCUT2D eigenvalue weighted by Crippen LogP contribution is -2.10. The monoisotopic (exact) mass is 310 g/mol. The minimum atomic E-state index is -4.82. The molecule has 20 heavy (non-hydrogen) atoms. The summed E-state index contributed by atoms with van der Waals surface area (Å²) < 4.78 is 76.2. The van der Waals surface area contributed by atoms with Crippen LogP contribution < -0.4 is 0 Å². The molecule has 0 unspecified atom stereocenters. The summed E-state index contributed by atoms with van der Waals surface area (Å²) in [6, 6.07) is 4.76. The van der Waals surface area contributed by atoms with Gasteiger partial charge in [0.25, 0.3) is 0 Å². The van der Waals surface area contributed by atoms with Gasteiger partial charge in [0.1, 0.15) is 0 Å². The fraction of sp³-hybridized carbons (Fsp3) is 0.231. The van der Waals surface area contributed by atoms with Gasteiger partial charge in [-0.15, -0.1) is 11.3 Å². The van der Waals surface area contributed by atoms with Crippen LogP contribution in [0.2, 0.25) is 0 Å². The molecule has 1 heterocycles. The maximum Gasteiger partial charge on any atom is 0.416 e. The molecule has 1 aromatic carbocycles. The first kappa shape index (κ1) is 14.9. The van der Waals surface area contributed by atoms with Gasteiger partial charge >= 0.3 is 12.4 Å². The highest BCUT2D eigenvalue weighted by molar-refractivity contribution is 7.15. The minimum Gasteiger partial charge on any atom is -0.166 e. The van der Waals surface area contributed by atoms with Crippen LogP contribution in [0.25, 0.3) is 10.4 Å². The maximum atomic E-state index is 12.7. The highest BCUT2D eigenvalue weighted by Crippen LogP contribution is 2.39. The first-order chi connectivity index (χ1) is 9.07. The third-order valence-corrected chi connectivity index (χ3v) is 3.66. The van der Waals surface area contributed by atoms with Crippen molar-refractivity contribution in [3.05, 3.63) is 46.3 Å². The Kier molecular flexibility index (Phi) is 3.58. The Labute approximate surface area is 114 Å². The van der Waals surface area contributed by atoms with E-state index in [4.69, 9.17) is 0 Å². The number of hydrogen-bond acceptors (Lipinski definition) is 1. The van der Waals surface area contributed by atoms with Crippen molar-refractivity contribution in [3.63, 3.8) is 0 Å². The van der Waals surface area contributed by atoms with E-state index >= 15 is 0 Å². The van der Waals surface area contributed by atoms with Crippen molar-refractivity contribution in [2.24, 2.45) is 0 Å². The van der Waals surface area contributed by atoms with Crippen LogP contribution in [0.5, 0.6) is 0 Å². The summed E-state index contributed by atoms with van der Waals surface area (Å²) in [6.07, 6.45) is -9.63. The number of rotatable bonds is 1. The van der Waals surface area contributed by atoms with Crippen molar-refractivity contribution in [2.75, 3.05) is 0 Å². The lowest BCUT2D eigenvalue weighted by Gasteiger charge is -2.13. The number of hydrogen-bond donors (Lipinski definition) is 0. The van der Waals surface area contributed by atoms with E-state index in [1.807, 2.05) is 0 Å². The summed E-state index contributed by atoms with van der Waals surface area (Å²) in [5.74, 6) is 0. The second-order valence-electron chi connectivity index (χ2n) is 4.20. The quantitative estimate of drug-likeness (QED) is 0.587. The van der Waals surface area contributed by atoms with Gasteiger partial charge in [-0.1, -0.05) is 0 Å². The predicted molar refractivity (Wildman–Crippen MR) is 64.5 cm³/mol. The first-order valence-corrected chi connectivity index (χ1v) is 6.25. The van der Waals surface area contributed by atoms with Crippen LogP contribution in [0.1, 0.15) is 16.0 Å². The van der Waals surface area contributed by atoms with Gasteiger partial charge in [0.05, 0.1) is 11.1 Å². The Morgan fingerprint density at radius 1 is 0.800 bits per heavy atom. The summed E-state index contributed by atoms with van der Waals surface area (Å²) >= 11 is 1.14. The number of aryl methyl sites for hydroxylation is 1. The average Bonchev–Trinajstić information content (AvgIpc) is 2.73. The molecule has 0 N–H and O–H groups in total. The SMILES string of the molecule is Cc1ccc(-c2cc(C(F)(F)F)cc(C(F)(F)F)c2)s1. The fourth-order valence-electron chi connectivity index (χ4n) is 1.69. The molecule has 0 radical (unpaired) electrons. The van der Waals surface area contributed by atoms with Crippen molar-refractivity contribution in [1.29, 1.82) is 0 Å². The molecule has 0 spiro atoms. The Balaban J connectivity index is 2.63. The Hall–Kier alpha value is -1.50. The fourth-order valence-corrected chi connectivity index (χ4v) is 2.54. The van der Waals surface area contributed by atoms with E-state index in [1.54, 1.807) is 13.0 Å². The molecule has 1 aromatic heterocycles. The van der Waals surface area contributed by atoms with Crippen LogP contribution in [-0.4, -0.2) is 0 Å². The molecule has 2 rings (SSSR count). The molecule has 0 fully saturated rings. The molecule has 0 amide bonds. The summed E-state index contributed by atoms with van der Waals surface area (Å²) in [4.78, 5) is 1.19. The number of halogens is 6. The van der Waals surface area contributed by atoms with E-state index in [2.05, 4.69) is 0 Å². The molecular formula is C13H8F6S. The third-order valence-electron chi connectivity index (χ3n) is 2.61. The third kappa shape index (κ3) is 3.15. The minimum absolute atomic E-state index is 0.0785. The Bertz CT molecular complexity index is 588.